The molecule has 1 fully saturated rings. The van der Waals surface area contributed by atoms with Crippen molar-refractivity contribution < 1.29 is 18.4 Å². The van der Waals surface area contributed by atoms with Crippen LogP contribution in [0.1, 0.15) is 30.0 Å². The molecule has 6 nitrogen and oxygen atoms in total. The number of carbonyl (C=O) groups excluding carboxylic acids is 1. The fraction of sp³-hybridized carbons (Fsp3) is 0.412. The van der Waals surface area contributed by atoms with Gasteiger partial charge in [-0.1, -0.05) is 24.2 Å². The van der Waals surface area contributed by atoms with Gasteiger partial charge >= 0.3 is 6.03 Å². The van der Waals surface area contributed by atoms with Crippen molar-refractivity contribution in [2.75, 3.05) is 25.1 Å². The third-order valence-electron chi connectivity index (χ3n) is 4.14. The van der Waals surface area contributed by atoms with Gasteiger partial charge in [0.1, 0.15) is 17.2 Å². The Morgan fingerprint density at radius 1 is 1.42 bits per heavy atom. The molecule has 2 heterocycles. The second-order valence-corrected chi connectivity index (χ2v) is 5.68. The number of hydrogen-bond donors (Lipinski definition) is 1. The van der Waals surface area contributed by atoms with E-state index in [0.29, 0.717) is 43.3 Å². The average molecular weight is 333 g/mol. The second-order valence-electron chi connectivity index (χ2n) is 5.68. The zero-order valence-electron chi connectivity index (χ0n) is 13.7. The predicted molar refractivity (Wildman–Crippen MR) is 86.3 cm³/mol. The maximum absolute atomic E-state index is 13.1. The van der Waals surface area contributed by atoms with Gasteiger partial charge < -0.3 is 19.5 Å². The van der Waals surface area contributed by atoms with Gasteiger partial charge in [0.05, 0.1) is 19.3 Å². The Bertz CT molecular complexity index is 714. The third kappa shape index (κ3) is 3.26. The zero-order valence-corrected chi connectivity index (χ0v) is 13.7. The molecule has 0 saturated carbocycles. The van der Waals surface area contributed by atoms with Crippen LogP contribution in [-0.4, -0.2) is 35.8 Å². The summed E-state index contributed by atoms with van der Waals surface area (Å²) in [7, 11) is 0. The first-order valence-electron chi connectivity index (χ1n) is 7.96. The Morgan fingerprint density at radius 3 is 2.88 bits per heavy atom. The van der Waals surface area contributed by atoms with Crippen LogP contribution in [0.2, 0.25) is 0 Å². The van der Waals surface area contributed by atoms with Crippen LogP contribution in [0.3, 0.4) is 0 Å². The van der Waals surface area contributed by atoms with Gasteiger partial charge in [-0.15, -0.1) is 0 Å². The number of rotatable bonds is 3. The number of aryl methyl sites for hydroxylation is 2. The molecule has 2 aromatic rings. The van der Waals surface area contributed by atoms with Crippen molar-refractivity contribution in [3.05, 3.63) is 47.1 Å². The normalized spacial score (nSPS) is 17.8. The summed E-state index contributed by atoms with van der Waals surface area (Å²) in [5, 5.41) is 6.84. The van der Waals surface area contributed by atoms with E-state index in [4.69, 9.17) is 9.26 Å². The number of nitrogens with zero attached hydrogens (tertiary/aromatic N) is 2. The number of amides is 2. The number of benzene rings is 1. The van der Waals surface area contributed by atoms with Gasteiger partial charge in [-0.2, -0.15) is 0 Å². The summed E-state index contributed by atoms with van der Waals surface area (Å²) >= 11 is 0. The molecule has 1 saturated heterocycles. The van der Waals surface area contributed by atoms with Crippen molar-refractivity contribution in [3.63, 3.8) is 0 Å². The van der Waals surface area contributed by atoms with Gasteiger partial charge in [-0.3, -0.25) is 0 Å². The van der Waals surface area contributed by atoms with E-state index in [1.807, 2.05) is 6.92 Å². The molecular formula is C17H20FN3O3. The SMILES string of the molecule is CCc1noc(C)c1NC(=O)N1CCOC[C@@H]1c1ccc(F)cc1. The molecule has 3 rings (SSSR count). The number of urea groups is 1. The molecule has 0 spiro atoms. The van der Waals surface area contributed by atoms with Crippen LogP contribution in [0.25, 0.3) is 0 Å². The highest BCUT2D eigenvalue weighted by Crippen LogP contribution is 2.27. The van der Waals surface area contributed by atoms with Crippen LogP contribution in [-0.2, 0) is 11.2 Å². The molecule has 1 atom stereocenters. The lowest BCUT2D eigenvalue weighted by Gasteiger charge is -2.35. The van der Waals surface area contributed by atoms with E-state index < -0.39 is 0 Å². The highest BCUT2D eigenvalue weighted by molar-refractivity contribution is 5.90. The van der Waals surface area contributed by atoms with Crippen molar-refractivity contribution >= 4 is 11.7 Å². The molecular weight excluding hydrogens is 313 g/mol. The third-order valence-corrected chi connectivity index (χ3v) is 4.14. The smallest absolute Gasteiger partial charge is 0.322 e. The molecule has 0 radical (unpaired) electrons. The van der Waals surface area contributed by atoms with Gasteiger partial charge in [0.25, 0.3) is 0 Å². The van der Waals surface area contributed by atoms with Crippen molar-refractivity contribution in [1.82, 2.24) is 10.1 Å². The number of carbonyl (C=O) groups is 1. The second kappa shape index (κ2) is 7.00. The maximum atomic E-state index is 13.1. The molecule has 0 aliphatic carbocycles. The first-order valence-corrected chi connectivity index (χ1v) is 7.96. The lowest BCUT2D eigenvalue weighted by Crippen LogP contribution is -2.45. The number of nitrogens with one attached hydrogen (secondary N) is 1. The maximum Gasteiger partial charge on any atom is 0.322 e. The monoisotopic (exact) mass is 333 g/mol. The number of aromatic nitrogens is 1. The minimum absolute atomic E-state index is 0.242. The molecule has 1 aromatic carbocycles. The van der Waals surface area contributed by atoms with Crippen LogP contribution < -0.4 is 5.32 Å². The molecule has 0 bridgehead atoms. The van der Waals surface area contributed by atoms with Gasteiger partial charge in [0.15, 0.2) is 5.76 Å². The fourth-order valence-corrected chi connectivity index (χ4v) is 2.81. The quantitative estimate of drug-likeness (QED) is 0.936. The Hall–Kier alpha value is -2.41. The van der Waals surface area contributed by atoms with Crippen molar-refractivity contribution in [1.29, 1.82) is 0 Å². The van der Waals surface area contributed by atoms with Gasteiger partial charge in [-0.25, -0.2) is 9.18 Å². The van der Waals surface area contributed by atoms with Crippen LogP contribution >= 0.6 is 0 Å². The summed E-state index contributed by atoms with van der Waals surface area (Å²) in [6.45, 7) is 5.01. The molecule has 24 heavy (non-hydrogen) atoms. The summed E-state index contributed by atoms with van der Waals surface area (Å²) in [5.74, 6) is 0.269. The number of halogens is 1. The standard InChI is InChI=1S/C17H20FN3O3/c1-3-14-16(11(2)24-20-14)19-17(22)21-8-9-23-10-15(21)12-4-6-13(18)7-5-12/h4-7,15H,3,8-10H2,1-2H3,(H,19,22)/t15-/m1/s1. The van der Waals surface area contributed by atoms with Crippen LogP contribution in [0, 0.1) is 12.7 Å². The Kier molecular flexibility index (Phi) is 4.80. The van der Waals surface area contributed by atoms with E-state index in [1.165, 1.54) is 12.1 Å². The van der Waals surface area contributed by atoms with E-state index in [2.05, 4.69) is 10.5 Å². The van der Waals surface area contributed by atoms with Gasteiger partial charge in [0, 0.05) is 6.54 Å². The molecule has 2 amide bonds. The first kappa shape index (κ1) is 16.4. The summed E-state index contributed by atoms with van der Waals surface area (Å²) < 4.78 is 23.8. The minimum atomic E-state index is -0.306. The first-order chi connectivity index (χ1) is 11.6. The van der Waals surface area contributed by atoms with Crippen LogP contribution in [0.5, 0.6) is 0 Å². The number of hydrogen-bond acceptors (Lipinski definition) is 4. The summed E-state index contributed by atoms with van der Waals surface area (Å²) in [6, 6.07) is 5.63. The highest BCUT2D eigenvalue weighted by Gasteiger charge is 2.29. The summed E-state index contributed by atoms with van der Waals surface area (Å²) in [6.07, 6.45) is 0.664. The molecule has 1 aliphatic rings. The van der Waals surface area contributed by atoms with E-state index in [1.54, 1.807) is 24.0 Å². The number of morpholine rings is 1. The number of ether oxygens (including phenoxy) is 1. The molecule has 1 aromatic heterocycles. The van der Waals surface area contributed by atoms with E-state index in [0.717, 1.165) is 5.56 Å². The van der Waals surface area contributed by atoms with Crippen molar-refractivity contribution in [2.24, 2.45) is 0 Å². The minimum Gasteiger partial charge on any atom is -0.377 e. The summed E-state index contributed by atoms with van der Waals surface area (Å²) in [4.78, 5) is 14.4. The highest BCUT2D eigenvalue weighted by atomic mass is 19.1. The van der Waals surface area contributed by atoms with Crippen LogP contribution in [0.15, 0.2) is 28.8 Å². The Morgan fingerprint density at radius 2 is 2.17 bits per heavy atom. The Labute approximate surface area is 139 Å². The summed E-state index contributed by atoms with van der Waals surface area (Å²) in [5.41, 5.74) is 2.17. The fourth-order valence-electron chi connectivity index (χ4n) is 2.81. The van der Waals surface area contributed by atoms with Gasteiger partial charge in [-0.05, 0) is 31.0 Å². The molecule has 1 N–H and O–H groups in total. The largest absolute Gasteiger partial charge is 0.377 e. The lowest BCUT2D eigenvalue weighted by molar-refractivity contribution is 0.0147. The van der Waals surface area contributed by atoms with Crippen molar-refractivity contribution in [3.8, 4) is 0 Å². The molecule has 7 heteroatoms. The zero-order chi connectivity index (χ0) is 17.1. The van der Waals surface area contributed by atoms with E-state index in [9.17, 15) is 9.18 Å². The van der Waals surface area contributed by atoms with Crippen molar-refractivity contribution in [2.45, 2.75) is 26.3 Å². The topological polar surface area (TPSA) is 67.6 Å². The molecule has 0 unspecified atom stereocenters. The lowest BCUT2D eigenvalue weighted by atomic mass is 10.1. The molecule has 128 valence electrons. The van der Waals surface area contributed by atoms with Crippen LogP contribution in [0.4, 0.5) is 14.9 Å². The Balaban J connectivity index is 1.81. The predicted octanol–water partition coefficient (Wildman–Crippen LogP) is 3.29. The molecule has 1 aliphatic heterocycles. The van der Waals surface area contributed by atoms with Gasteiger partial charge in [0.2, 0.25) is 0 Å². The van der Waals surface area contributed by atoms with E-state index >= 15 is 0 Å². The van der Waals surface area contributed by atoms with E-state index in [-0.39, 0.29) is 17.9 Å². The average Bonchev–Trinajstić information content (AvgIpc) is 2.95. The number of anilines is 1.